The Kier molecular flexibility index (Phi) is 4.80. The van der Waals surface area contributed by atoms with Gasteiger partial charge < -0.3 is 19.8 Å². The fourth-order valence-corrected chi connectivity index (χ4v) is 1.28. The van der Waals surface area contributed by atoms with Gasteiger partial charge in [0.2, 0.25) is 0 Å². The van der Waals surface area contributed by atoms with Gasteiger partial charge in [-0.05, 0) is 0 Å². The number of hydrogen-bond acceptors (Lipinski definition) is 6. The number of aromatic carboxylic acids is 1. The van der Waals surface area contributed by atoms with Crippen LogP contribution in [0.3, 0.4) is 0 Å². The first kappa shape index (κ1) is 13.3. The molecule has 1 unspecified atom stereocenters. The highest BCUT2D eigenvalue weighted by Crippen LogP contribution is 2.07. The van der Waals surface area contributed by atoms with E-state index in [1.165, 1.54) is 19.5 Å². The molecule has 0 aliphatic heterocycles. The maximum atomic E-state index is 10.6. The van der Waals surface area contributed by atoms with Crippen molar-refractivity contribution in [2.45, 2.75) is 6.10 Å². The summed E-state index contributed by atoms with van der Waals surface area (Å²) < 4.78 is 4.80. The molecule has 0 aliphatic carbocycles. The minimum atomic E-state index is -1.12. The number of aliphatic hydroxyl groups excluding tert-OH is 1. The lowest BCUT2D eigenvalue weighted by atomic mass is 10.3. The molecule has 1 heterocycles. The standard InChI is InChI=1S/C10H15N3O4/c1-13(5-7(14)6-17-2)9-4-11-8(3-12-9)10(15)16/h3-4,7,14H,5-6H2,1-2H3,(H,15,16). The molecule has 0 fully saturated rings. The first-order valence-corrected chi connectivity index (χ1v) is 4.98. The second-order valence-corrected chi connectivity index (χ2v) is 3.55. The maximum absolute atomic E-state index is 10.6. The van der Waals surface area contributed by atoms with Crippen LogP contribution in [0.15, 0.2) is 12.4 Å². The number of hydrogen-bond donors (Lipinski definition) is 2. The van der Waals surface area contributed by atoms with E-state index in [0.717, 1.165) is 0 Å². The van der Waals surface area contributed by atoms with Gasteiger partial charge >= 0.3 is 5.97 Å². The number of likely N-dealkylation sites (N-methyl/N-ethyl adjacent to an activating group) is 1. The molecule has 17 heavy (non-hydrogen) atoms. The number of rotatable bonds is 6. The maximum Gasteiger partial charge on any atom is 0.356 e. The molecule has 0 radical (unpaired) electrons. The third-order valence-electron chi connectivity index (χ3n) is 2.09. The minimum Gasteiger partial charge on any atom is -0.476 e. The highest BCUT2D eigenvalue weighted by atomic mass is 16.5. The molecule has 0 aromatic carbocycles. The van der Waals surface area contributed by atoms with Crippen molar-refractivity contribution in [3.8, 4) is 0 Å². The van der Waals surface area contributed by atoms with Crippen LogP contribution in [0.5, 0.6) is 0 Å². The van der Waals surface area contributed by atoms with Gasteiger partial charge in [-0.2, -0.15) is 0 Å². The number of carboxylic acid groups (broad SMARTS) is 1. The van der Waals surface area contributed by atoms with Crippen LogP contribution in [0.25, 0.3) is 0 Å². The Hall–Kier alpha value is -1.73. The van der Waals surface area contributed by atoms with Crippen molar-refractivity contribution in [3.05, 3.63) is 18.1 Å². The number of aliphatic hydroxyl groups is 1. The molecule has 1 aromatic rings. The lowest BCUT2D eigenvalue weighted by molar-refractivity contribution is 0.0685. The summed E-state index contributed by atoms with van der Waals surface area (Å²) in [5, 5.41) is 18.2. The molecule has 0 aliphatic rings. The summed E-state index contributed by atoms with van der Waals surface area (Å²) in [5.74, 6) is -0.628. The van der Waals surface area contributed by atoms with E-state index in [1.807, 2.05) is 0 Å². The summed E-state index contributed by atoms with van der Waals surface area (Å²) in [6.07, 6.45) is 1.89. The van der Waals surface area contributed by atoms with Crippen molar-refractivity contribution < 1.29 is 19.7 Å². The van der Waals surface area contributed by atoms with Gasteiger partial charge in [0, 0.05) is 20.7 Å². The van der Waals surface area contributed by atoms with Crippen LogP contribution in [0.4, 0.5) is 5.82 Å². The van der Waals surface area contributed by atoms with Crippen molar-refractivity contribution >= 4 is 11.8 Å². The normalized spacial score (nSPS) is 12.2. The molecule has 0 amide bonds. The van der Waals surface area contributed by atoms with Crippen LogP contribution in [0, 0.1) is 0 Å². The zero-order chi connectivity index (χ0) is 12.8. The molecule has 0 spiro atoms. The van der Waals surface area contributed by atoms with Crippen LogP contribution in [-0.4, -0.2) is 59.6 Å². The quantitative estimate of drug-likeness (QED) is 0.700. The smallest absolute Gasteiger partial charge is 0.356 e. The summed E-state index contributed by atoms with van der Waals surface area (Å²) in [6.45, 7) is 0.555. The predicted molar refractivity (Wildman–Crippen MR) is 60.1 cm³/mol. The van der Waals surface area contributed by atoms with E-state index in [0.29, 0.717) is 12.4 Å². The predicted octanol–water partition coefficient (Wildman–Crippen LogP) is -0.382. The summed E-state index contributed by atoms with van der Waals surface area (Å²) >= 11 is 0. The molecular formula is C10H15N3O4. The monoisotopic (exact) mass is 241 g/mol. The number of aromatic nitrogens is 2. The SMILES string of the molecule is COCC(O)CN(C)c1cnc(C(=O)O)cn1. The van der Waals surface area contributed by atoms with Crippen molar-refractivity contribution in [2.24, 2.45) is 0 Å². The zero-order valence-corrected chi connectivity index (χ0v) is 9.70. The molecule has 7 heteroatoms. The molecule has 0 bridgehead atoms. The Morgan fingerprint density at radius 3 is 2.71 bits per heavy atom. The molecule has 1 rings (SSSR count). The van der Waals surface area contributed by atoms with Gasteiger partial charge in [-0.25, -0.2) is 14.8 Å². The molecule has 1 atom stereocenters. The molecule has 2 N–H and O–H groups in total. The van der Waals surface area contributed by atoms with Gasteiger partial charge in [0.1, 0.15) is 5.82 Å². The van der Waals surface area contributed by atoms with Gasteiger partial charge in [-0.1, -0.05) is 0 Å². The first-order valence-electron chi connectivity index (χ1n) is 4.98. The Morgan fingerprint density at radius 2 is 2.24 bits per heavy atom. The summed E-state index contributed by atoms with van der Waals surface area (Å²) in [6, 6.07) is 0. The molecular weight excluding hydrogens is 226 g/mol. The number of methoxy groups -OCH3 is 1. The van der Waals surface area contributed by atoms with Crippen LogP contribution in [0.1, 0.15) is 10.5 Å². The second-order valence-electron chi connectivity index (χ2n) is 3.55. The van der Waals surface area contributed by atoms with E-state index in [4.69, 9.17) is 9.84 Å². The topological polar surface area (TPSA) is 95.8 Å². The van der Waals surface area contributed by atoms with Gasteiger partial charge in [-0.3, -0.25) is 0 Å². The number of carbonyl (C=O) groups is 1. The van der Waals surface area contributed by atoms with Crippen LogP contribution in [-0.2, 0) is 4.74 Å². The van der Waals surface area contributed by atoms with Crippen molar-refractivity contribution in [1.82, 2.24) is 9.97 Å². The van der Waals surface area contributed by atoms with E-state index in [2.05, 4.69) is 9.97 Å². The van der Waals surface area contributed by atoms with E-state index in [1.54, 1.807) is 11.9 Å². The van der Waals surface area contributed by atoms with Crippen molar-refractivity contribution in [3.63, 3.8) is 0 Å². The lowest BCUT2D eigenvalue weighted by Gasteiger charge is -2.20. The zero-order valence-electron chi connectivity index (χ0n) is 9.70. The van der Waals surface area contributed by atoms with E-state index >= 15 is 0 Å². The third kappa shape index (κ3) is 3.97. The number of nitrogens with zero attached hydrogens (tertiary/aromatic N) is 3. The Labute approximate surface area is 98.7 Å². The summed E-state index contributed by atoms with van der Waals surface area (Å²) in [7, 11) is 3.23. The molecule has 94 valence electrons. The van der Waals surface area contributed by atoms with Crippen molar-refractivity contribution in [1.29, 1.82) is 0 Å². The lowest BCUT2D eigenvalue weighted by Crippen LogP contribution is -2.32. The average molecular weight is 241 g/mol. The summed E-state index contributed by atoms with van der Waals surface area (Å²) in [4.78, 5) is 19.9. The second kappa shape index (κ2) is 6.12. The van der Waals surface area contributed by atoms with E-state index < -0.39 is 12.1 Å². The largest absolute Gasteiger partial charge is 0.476 e. The first-order chi connectivity index (χ1) is 8.04. The minimum absolute atomic E-state index is 0.111. The van der Waals surface area contributed by atoms with E-state index in [-0.39, 0.29) is 12.3 Å². The highest BCUT2D eigenvalue weighted by Gasteiger charge is 2.11. The number of carboxylic acids is 1. The molecule has 0 saturated carbocycles. The fourth-order valence-electron chi connectivity index (χ4n) is 1.28. The fraction of sp³-hybridized carbons (Fsp3) is 0.500. The summed E-state index contributed by atoms with van der Waals surface area (Å²) in [5.41, 5.74) is -0.111. The Balaban J connectivity index is 2.63. The van der Waals surface area contributed by atoms with Gasteiger partial charge in [0.05, 0.1) is 25.1 Å². The van der Waals surface area contributed by atoms with Crippen LogP contribution >= 0.6 is 0 Å². The van der Waals surface area contributed by atoms with Crippen LogP contribution in [0.2, 0.25) is 0 Å². The highest BCUT2D eigenvalue weighted by molar-refractivity contribution is 5.84. The van der Waals surface area contributed by atoms with E-state index in [9.17, 15) is 9.90 Å². The van der Waals surface area contributed by atoms with Gasteiger partial charge in [0.25, 0.3) is 0 Å². The Morgan fingerprint density at radius 1 is 1.53 bits per heavy atom. The van der Waals surface area contributed by atoms with Gasteiger partial charge in [-0.15, -0.1) is 0 Å². The molecule has 1 aromatic heterocycles. The third-order valence-corrected chi connectivity index (χ3v) is 2.09. The number of anilines is 1. The van der Waals surface area contributed by atoms with Crippen molar-refractivity contribution in [2.75, 3.05) is 32.2 Å². The molecule has 7 nitrogen and oxygen atoms in total. The van der Waals surface area contributed by atoms with Crippen LogP contribution < -0.4 is 4.90 Å². The van der Waals surface area contributed by atoms with Gasteiger partial charge in [0.15, 0.2) is 5.69 Å². The average Bonchev–Trinajstić information content (AvgIpc) is 2.29. The Bertz CT molecular complexity index is 368. The number of ether oxygens (including phenoxy) is 1. The molecule has 0 saturated heterocycles.